The smallest absolute Gasteiger partial charge is 0.120 e. The van der Waals surface area contributed by atoms with Crippen molar-refractivity contribution in [3.63, 3.8) is 0 Å². The van der Waals surface area contributed by atoms with Gasteiger partial charge >= 0.3 is 0 Å². The van der Waals surface area contributed by atoms with Crippen LogP contribution in [-0.2, 0) is 10.9 Å². The maximum absolute atomic E-state index is 8.07. The Kier molecular flexibility index (Phi) is 3.92. The molecule has 0 aliphatic carbocycles. The highest BCUT2D eigenvalue weighted by Crippen LogP contribution is 1.85. The highest BCUT2D eigenvalue weighted by Gasteiger charge is 1.97. The van der Waals surface area contributed by atoms with Gasteiger partial charge in [0.25, 0.3) is 0 Å². The van der Waals surface area contributed by atoms with Gasteiger partial charge in [0.05, 0.1) is 25.0 Å². The lowest BCUT2D eigenvalue weighted by atomic mass is 10.6. The number of hydrogen-bond donors (Lipinski definition) is 0. The van der Waals surface area contributed by atoms with Gasteiger partial charge in [-0.1, -0.05) is 0 Å². The Morgan fingerprint density at radius 3 is 2.29 bits per heavy atom. The van der Waals surface area contributed by atoms with Crippen molar-refractivity contribution < 1.29 is 0 Å². The summed E-state index contributed by atoms with van der Waals surface area (Å²) >= 11 is 0. The summed E-state index contributed by atoms with van der Waals surface area (Å²) in [4.78, 5) is 0. The molecule has 0 N–H and O–H groups in total. The second-order valence-electron chi connectivity index (χ2n) is 1.60. The highest BCUT2D eigenvalue weighted by atomic mass is 32.2. The second kappa shape index (κ2) is 4.01. The number of nitriles is 1. The Balaban J connectivity index is 2.86. The lowest BCUT2D eigenvalue weighted by molar-refractivity contribution is 1.23. The Morgan fingerprint density at radius 1 is 1.57 bits per heavy atom. The first-order valence-electron chi connectivity index (χ1n) is 2.18. The molecule has 0 saturated heterocycles. The Hall–Kier alpha value is -0.160. The summed E-state index contributed by atoms with van der Waals surface area (Å²) in [5, 5.41) is 8.07. The van der Waals surface area contributed by atoms with Gasteiger partial charge in [0.2, 0.25) is 0 Å². The normalized spacial score (nSPS) is 8.86. The van der Waals surface area contributed by atoms with Crippen LogP contribution in [0.1, 0.15) is 6.42 Å². The minimum atomic E-state index is 0.462. The third-order valence-corrected chi connectivity index (χ3v) is 1.64. The summed E-state index contributed by atoms with van der Waals surface area (Å²) in [6, 6.07) is 2.11. The van der Waals surface area contributed by atoms with Crippen molar-refractivity contribution in [2.75, 3.05) is 18.3 Å². The number of rotatable bonds is 2. The molecule has 40 valence electrons. The van der Waals surface area contributed by atoms with E-state index in [1.54, 1.807) is 0 Å². The van der Waals surface area contributed by atoms with Crippen molar-refractivity contribution in [1.82, 2.24) is 0 Å². The number of hydrogen-bond acceptors (Lipinski definition) is 1. The lowest BCUT2D eigenvalue weighted by Crippen LogP contribution is -1.99. The fraction of sp³-hybridized carbons (Fsp3) is 0.800. The van der Waals surface area contributed by atoms with E-state index in [0.29, 0.717) is 10.9 Å². The zero-order chi connectivity index (χ0) is 5.70. The molecule has 0 saturated carbocycles. The minimum Gasteiger partial charge on any atom is -0.198 e. The van der Waals surface area contributed by atoms with Gasteiger partial charge in [-0.05, 0) is 10.9 Å². The predicted molar refractivity (Wildman–Crippen MR) is 34.3 cm³/mol. The van der Waals surface area contributed by atoms with Crippen molar-refractivity contribution in [3.05, 3.63) is 0 Å². The topological polar surface area (TPSA) is 23.8 Å². The van der Waals surface area contributed by atoms with Crippen LogP contribution < -0.4 is 0 Å². The van der Waals surface area contributed by atoms with E-state index >= 15 is 0 Å². The first-order valence-corrected chi connectivity index (χ1v) is 4.39. The van der Waals surface area contributed by atoms with Gasteiger partial charge in [-0.15, -0.1) is 0 Å². The van der Waals surface area contributed by atoms with Gasteiger partial charge in [-0.25, -0.2) is 0 Å². The van der Waals surface area contributed by atoms with E-state index in [9.17, 15) is 0 Å². The molecule has 0 radical (unpaired) electrons. The zero-order valence-electron chi connectivity index (χ0n) is 4.77. The maximum atomic E-state index is 8.07. The Morgan fingerprint density at radius 2 is 2.14 bits per heavy atom. The molecular weight excluding hydrogens is 106 g/mol. The van der Waals surface area contributed by atoms with Crippen LogP contribution in [0.25, 0.3) is 0 Å². The van der Waals surface area contributed by atoms with Crippen LogP contribution in [0, 0.1) is 11.3 Å². The molecule has 0 aliphatic heterocycles. The predicted octanol–water partition coefficient (Wildman–Crippen LogP) is 0.778. The van der Waals surface area contributed by atoms with E-state index < -0.39 is 0 Å². The summed E-state index contributed by atoms with van der Waals surface area (Å²) in [6.45, 7) is 0. The van der Waals surface area contributed by atoms with Gasteiger partial charge in [-0.2, -0.15) is 5.26 Å². The molecular formula is C5H10NS+. The van der Waals surface area contributed by atoms with Crippen LogP contribution in [0.3, 0.4) is 0 Å². The fourth-order valence-corrected chi connectivity index (χ4v) is 0.749. The maximum Gasteiger partial charge on any atom is 0.120 e. The molecule has 0 bridgehead atoms. The summed E-state index contributed by atoms with van der Waals surface area (Å²) in [6.07, 6.45) is 5.02. The lowest BCUT2D eigenvalue weighted by Gasteiger charge is -1.85. The van der Waals surface area contributed by atoms with Gasteiger partial charge in [0, 0.05) is 0 Å². The standard InChI is InChI=1S/C5H10NS/c1-7(2)5-3-4-6/h3,5H2,1-2H3/q+1. The van der Waals surface area contributed by atoms with Crippen molar-refractivity contribution in [3.8, 4) is 6.07 Å². The quantitative estimate of drug-likeness (QED) is 0.489. The van der Waals surface area contributed by atoms with E-state index in [1.807, 2.05) is 0 Å². The molecule has 0 aromatic carbocycles. The van der Waals surface area contributed by atoms with Crippen molar-refractivity contribution in [2.24, 2.45) is 0 Å². The van der Waals surface area contributed by atoms with Crippen LogP contribution in [0.2, 0.25) is 0 Å². The van der Waals surface area contributed by atoms with Gasteiger partial charge in [0.15, 0.2) is 0 Å². The molecule has 0 aromatic heterocycles. The van der Waals surface area contributed by atoms with Gasteiger partial charge in [-0.3, -0.25) is 0 Å². The molecule has 0 aromatic rings. The van der Waals surface area contributed by atoms with Crippen molar-refractivity contribution in [2.45, 2.75) is 6.42 Å². The highest BCUT2D eigenvalue weighted by molar-refractivity contribution is 7.95. The van der Waals surface area contributed by atoms with E-state index in [0.717, 1.165) is 12.2 Å². The molecule has 2 heteroatoms. The molecule has 0 aliphatic rings. The van der Waals surface area contributed by atoms with Crippen LogP contribution in [0.5, 0.6) is 0 Å². The summed E-state index contributed by atoms with van der Waals surface area (Å²) < 4.78 is 0. The Bertz CT molecular complexity index is 72.6. The fourth-order valence-electron chi connectivity index (χ4n) is 0.250. The van der Waals surface area contributed by atoms with Crippen LogP contribution >= 0.6 is 0 Å². The first kappa shape index (κ1) is 6.84. The summed E-state index contributed by atoms with van der Waals surface area (Å²) in [7, 11) is 0.462. The zero-order valence-corrected chi connectivity index (χ0v) is 5.59. The van der Waals surface area contributed by atoms with E-state index in [2.05, 4.69) is 18.6 Å². The molecule has 0 amide bonds. The van der Waals surface area contributed by atoms with Crippen LogP contribution in [-0.4, -0.2) is 18.3 Å². The van der Waals surface area contributed by atoms with Crippen molar-refractivity contribution >= 4 is 10.9 Å². The Labute approximate surface area is 47.7 Å². The molecule has 0 spiro atoms. The monoisotopic (exact) mass is 116 g/mol. The first-order chi connectivity index (χ1) is 3.27. The summed E-state index contributed by atoms with van der Waals surface area (Å²) in [5.41, 5.74) is 0. The average Bonchev–Trinajstić information content (AvgIpc) is 1.61. The molecule has 0 unspecified atom stereocenters. The average molecular weight is 116 g/mol. The summed E-state index contributed by atoms with van der Waals surface area (Å²) in [5.74, 6) is 1.07. The number of nitrogens with zero attached hydrogens (tertiary/aromatic N) is 1. The van der Waals surface area contributed by atoms with Crippen LogP contribution in [0.4, 0.5) is 0 Å². The SMILES string of the molecule is C[S+](C)CCC#N. The molecule has 1 nitrogen and oxygen atoms in total. The molecule has 0 fully saturated rings. The van der Waals surface area contributed by atoms with Crippen LogP contribution in [0.15, 0.2) is 0 Å². The molecule has 0 atom stereocenters. The third kappa shape index (κ3) is 5.84. The van der Waals surface area contributed by atoms with E-state index in [-0.39, 0.29) is 0 Å². The largest absolute Gasteiger partial charge is 0.198 e. The van der Waals surface area contributed by atoms with Gasteiger partial charge < -0.3 is 0 Å². The van der Waals surface area contributed by atoms with E-state index in [1.165, 1.54) is 0 Å². The van der Waals surface area contributed by atoms with E-state index in [4.69, 9.17) is 5.26 Å². The molecule has 0 heterocycles. The second-order valence-corrected chi connectivity index (χ2v) is 3.98. The minimum absolute atomic E-state index is 0.462. The van der Waals surface area contributed by atoms with Gasteiger partial charge in [0.1, 0.15) is 5.75 Å². The van der Waals surface area contributed by atoms with Crippen molar-refractivity contribution in [1.29, 1.82) is 5.26 Å². The molecule has 7 heavy (non-hydrogen) atoms. The third-order valence-electron chi connectivity index (χ3n) is 0.622. The molecule has 0 rings (SSSR count).